The summed E-state index contributed by atoms with van der Waals surface area (Å²) in [4.78, 5) is 42.5. The summed E-state index contributed by atoms with van der Waals surface area (Å²) in [5.74, 6) is -0.324. The van der Waals surface area contributed by atoms with Crippen LogP contribution in [0.15, 0.2) is 18.2 Å². The van der Waals surface area contributed by atoms with E-state index in [1.54, 1.807) is 25.7 Å². The van der Waals surface area contributed by atoms with Crippen LogP contribution in [0.2, 0.25) is 0 Å². The molecule has 0 radical (unpaired) electrons. The molecule has 0 saturated carbocycles. The van der Waals surface area contributed by atoms with Crippen LogP contribution in [-0.2, 0) is 14.3 Å². The third-order valence-electron chi connectivity index (χ3n) is 6.28. The number of nitrogens with zero attached hydrogens (tertiary/aromatic N) is 1. The number of benzene rings is 1. The van der Waals surface area contributed by atoms with E-state index < -0.39 is 23.8 Å². The summed E-state index contributed by atoms with van der Waals surface area (Å²) in [6.45, 7) is 19.9. The van der Waals surface area contributed by atoms with Gasteiger partial charge in [0.1, 0.15) is 17.7 Å². The minimum atomic E-state index is -0.805. The van der Waals surface area contributed by atoms with Crippen molar-refractivity contribution in [1.29, 1.82) is 0 Å². The molecule has 0 spiro atoms. The lowest BCUT2D eigenvalue weighted by Crippen LogP contribution is -2.54. The van der Waals surface area contributed by atoms with E-state index in [1.807, 2.05) is 53.7 Å². The predicted molar refractivity (Wildman–Crippen MR) is 160 cm³/mol. The van der Waals surface area contributed by atoms with E-state index >= 15 is 0 Å². The van der Waals surface area contributed by atoms with Crippen LogP contribution < -0.4 is 10.6 Å². The van der Waals surface area contributed by atoms with Crippen molar-refractivity contribution >= 4 is 17.9 Å². The van der Waals surface area contributed by atoms with E-state index in [4.69, 9.17) is 4.74 Å². The van der Waals surface area contributed by atoms with Crippen molar-refractivity contribution in [3.63, 3.8) is 0 Å². The van der Waals surface area contributed by atoms with Crippen molar-refractivity contribution in [2.45, 2.75) is 138 Å². The lowest BCUT2D eigenvalue weighted by molar-refractivity contribution is -0.143. The Morgan fingerprint density at radius 2 is 1.44 bits per heavy atom. The average molecular weight is 546 g/mol. The summed E-state index contributed by atoms with van der Waals surface area (Å²) in [5.41, 5.74) is 2.16. The molecule has 39 heavy (non-hydrogen) atoms. The maximum Gasteiger partial charge on any atom is 0.408 e. The molecule has 0 aliphatic rings. The molecule has 222 valence electrons. The molecule has 0 saturated heterocycles. The Bertz CT molecular complexity index is 900. The lowest BCUT2D eigenvalue weighted by Gasteiger charge is -2.35. The average Bonchev–Trinajstić information content (AvgIpc) is 2.76. The highest BCUT2D eigenvalue weighted by molar-refractivity contribution is 5.92. The van der Waals surface area contributed by atoms with Crippen molar-refractivity contribution in [2.24, 2.45) is 5.92 Å². The molecular formula is C32H55N3O4. The second-order valence-corrected chi connectivity index (χ2v) is 12.6. The maximum atomic E-state index is 14.3. The minimum absolute atomic E-state index is 0.0803. The fraction of sp³-hybridized carbons (Fsp3) is 0.719. The van der Waals surface area contributed by atoms with Gasteiger partial charge in [0.2, 0.25) is 11.8 Å². The van der Waals surface area contributed by atoms with Gasteiger partial charge in [-0.15, -0.1) is 0 Å². The SMILES string of the molecule is CCCCCCCCN(C(=O)C(CC(C)C)NC(=O)OC(C)(C)C)C(C(=O)NC(C)C)c1cc(C)cc(C)c1. The quantitative estimate of drug-likeness (QED) is 0.232. The number of nitrogens with one attached hydrogen (secondary N) is 2. The number of carbonyl (C=O) groups is 3. The number of hydrogen-bond acceptors (Lipinski definition) is 4. The van der Waals surface area contributed by atoms with Gasteiger partial charge in [0.25, 0.3) is 0 Å². The smallest absolute Gasteiger partial charge is 0.408 e. The standard InChI is InChI=1S/C32H55N3O4/c1-11-12-13-14-15-16-17-35(30(37)27(18-22(2)3)34-31(38)39-32(8,9)10)28(29(36)33-23(4)5)26-20-24(6)19-25(7)21-26/h19-23,27-28H,11-18H2,1-10H3,(H,33,36)(H,34,38). The number of alkyl carbamates (subject to hydrolysis) is 1. The van der Waals surface area contributed by atoms with Gasteiger partial charge in [0, 0.05) is 12.6 Å². The first-order valence-corrected chi connectivity index (χ1v) is 14.8. The summed E-state index contributed by atoms with van der Waals surface area (Å²) in [5, 5.41) is 5.87. The van der Waals surface area contributed by atoms with Gasteiger partial charge in [-0.25, -0.2) is 4.79 Å². The molecule has 0 bridgehead atoms. The van der Waals surface area contributed by atoms with E-state index in [-0.39, 0.29) is 23.8 Å². The summed E-state index contributed by atoms with van der Waals surface area (Å²) in [6.07, 6.45) is 6.19. The first-order valence-electron chi connectivity index (χ1n) is 14.8. The Morgan fingerprint density at radius 1 is 0.872 bits per heavy atom. The molecule has 1 aromatic rings. The number of ether oxygens (including phenoxy) is 1. The fourth-order valence-corrected chi connectivity index (χ4v) is 4.78. The highest BCUT2D eigenvalue weighted by Crippen LogP contribution is 2.27. The maximum absolute atomic E-state index is 14.3. The normalized spacial score (nSPS) is 13.2. The van der Waals surface area contributed by atoms with Crippen LogP contribution in [0, 0.1) is 19.8 Å². The molecule has 0 aliphatic heterocycles. The summed E-state index contributed by atoms with van der Waals surface area (Å²) < 4.78 is 5.49. The van der Waals surface area contributed by atoms with Gasteiger partial charge in [0.05, 0.1) is 0 Å². The molecule has 0 aromatic heterocycles. The largest absolute Gasteiger partial charge is 0.444 e. The molecule has 7 heteroatoms. The summed E-state index contributed by atoms with van der Waals surface area (Å²) >= 11 is 0. The van der Waals surface area contributed by atoms with Gasteiger partial charge in [-0.1, -0.05) is 82.2 Å². The van der Waals surface area contributed by atoms with Crippen LogP contribution >= 0.6 is 0 Å². The van der Waals surface area contributed by atoms with Gasteiger partial charge in [0.15, 0.2) is 0 Å². The Kier molecular flexibility index (Phi) is 14.6. The molecule has 2 unspecified atom stereocenters. The second kappa shape index (κ2) is 16.5. The van der Waals surface area contributed by atoms with Crippen molar-refractivity contribution in [2.75, 3.05) is 6.54 Å². The molecule has 1 rings (SSSR count). The molecule has 1 aromatic carbocycles. The van der Waals surface area contributed by atoms with E-state index in [0.29, 0.717) is 13.0 Å². The topological polar surface area (TPSA) is 87.7 Å². The van der Waals surface area contributed by atoms with E-state index in [0.717, 1.165) is 42.4 Å². The third kappa shape index (κ3) is 13.4. The van der Waals surface area contributed by atoms with Crippen molar-refractivity contribution in [3.8, 4) is 0 Å². The molecule has 2 atom stereocenters. The number of hydrogen-bond donors (Lipinski definition) is 2. The molecule has 0 heterocycles. The predicted octanol–water partition coefficient (Wildman–Crippen LogP) is 7.00. The number of carbonyl (C=O) groups excluding carboxylic acids is 3. The number of aryl methyl sites for hydroxylation is 2. The van der Waals surface area contributed by atoms with E-state index in [1.165, 1.54) is 12.8 Å². The Hall–Kier alpha value is -2.57. The summed E-state index contributed by atoms with van der Waals surface area (Å²) in [7, 11) is 0. The van der Waals surface area contributed by atoms with Crippen molar-refractivity contribution in [1.82, 2.24) is 15.5 Å². The zero-order valence-electron chi connectivity index (χ0n) is 26.3. The zero-order chi connectivity index (χ0) is 29.8. The van der Waals surface area contributed by atoms with E-state index in [9.17, 15) is 14.4 Å². The lowest BCUT2D eigenvalue weighted by atomic mass is 9.96. The zero-order valence-corrected chi connectivity index (χ0v) is 26.3. The van der Waals surface area contributed by atoms with Gasteiger partial charge in [-0.05, 0) is 72.8 Å². The van der Waals surface area contributed by atoms with Crippen LogP contribution in [0.3, 0.4) is 0 Å². The molecule has 0 aliphatic carbocycles. The van der Waals surface area contributed by atoms with E-state index in [2.05, 4.69) is 23.6 Å². The highest BCUT2D eigenvalue weighted by Gasteiger charge is 2.36. The van der Waals surface area contributed by atoms with Crippen LogP contribution in [0.4, 0.5) is 4.79 Å². The molecule has 7 nitrogen and oxygen atoms in total. The molecule has 0 fully saturated rings. The van der Waals surface area contributed by atoms with Crippen LogP contribution in [0.5, 0.6) is 0 Å². The fourth-order valence-electron chi connectivity index (χ4n) is 4.78. The van der Waals surface area contributed by atoms with Gasteiger partial charge in [-0.2, -0.15) is 0 Å². The van der Waals surface area contributed by atoms with Gasteiger partial charge >= 0.3 is 6.09 Å². The number of rotatable bonds is 15. The van der Waals surface area contributed by atoms with Gasteiger partial charge < -0.3 is 20.3 Å². The first kappa shape index (κ1) is 34.5. The monoisotopic (exact) mass is 545 g/mol. The van der Waals surface area contributed by atoms with Crippen molar-refractivity contribution < 1.29 is 19.1 Å². The van der Waals surface area contributed by atoms with Crippen LogP contribution in [0.1, 0.15) is 123 Å². The highest BCUT2D eigenvalue weighted by atomic mass is 16.6. The van der Waals surface area contributed by atoms with Crippen molar-refractivity contribution in [3.05, 3.63) is 34.9 Å². The number of amides is 3. The van der Waals surface area contributed by atoms with Crippen LogP contribution in [-0.4, -0.2) is 47.0 Å². The van der Waals surface area contributed by atoms with Gasteiger partial charge in [-0.3, -0.25) is 9.59 Å². The first-order chi connectivity index (χ1) is 18.1. The Balaban J connectivity index is 3.49. The molecule has 2 N–H and O–H groups in total. The Labute approximate surface area is 237 Å². The molecular weight excluding hydrogens is 490 g/mol. The summed E-state index contributed by atoms with van der Waals surface area (Å²) in [6, 6.07) is 4.34. The Morgan fingerprint density at radius 3 is 1.95 bits per heavy atom. The second-order valence-electron chi connectivity index (χ2n) is 12.6. The third-order valence-corrected chi connectivity index (χ3v) is 6.28. The van der Waals surface area contributed by atoms with Crippen LogP contribution in [0.25, 0.3) is 0 Å². The number of unbranched alkanes of at least 4 members (excludes halogenated alkanes) is 5. The minimum Gasteiger partial charge on any atom is -0.444 e. The molecule has 3 amide bonds.